The summed E-state index contributed by atoms with van der Waals surface area (Å²) in [5.41, 5.74) is 0.808. The van der Waals surface area contributed by atoms with Crippen molar-refractivity contribution in [2.24, 2.45) is 0 Å². The number of carbonyl (C=O) groups excluding carboxylic acids is 1. The number of aromatic amines is 1. The van der Waals surface area contributed by atoms with Crippen LogP contribution in [0.1, 0.15) is 12.5 Å². The third kappa shape index (κ3) is 3.86. The number of rotatable bonds is 5. The van der Waals surface area contributed by atoms with Crippen LogP contribution in [-0.4, -0.2) is 24.5 Å². The van der Waals surface area contributed by atoms with Crippen molar-refractivity contribution >= 4 is 21.6 Å². The number of amides is 1. The highest BCUT2D eigenvalue weighted by Crippen LogP contribution is 2.19. The standard InChI is InChI=1S/C12H13FN4O3S/c1-8(18)17-10-2-3-12(11(13)4-10)21(19,20)16-7-9-5-14-15-6-9/h2-6,16H,7H2,1H3,(H,14,15)(H,17,18). The summed E-state index contributed by atoms with van der Waals surface area (Å²) in [6, 6.07) is 3.36. The molecule has 21 heavy (non-hydrogen) atoms. The molecule has 0 saturated carbocycles. The molecule has 1 aromatic heterocycles. The Kier molecular flexibility index (Phi) is 4.34. The fourth-order valence-electron chi connectivity index (χ4n) is 1.63. The zero-order valence-electron chi connectivity index (χ0n) is 11.1. The van der Waals surface area contributed by atoms with Gasteiger partial charge >= 0.3 is 0 Å². The van der Waals surface area contributed by atoms with E-state index >= 15 is 0 Å². The number of aromatic nitrogens is 2. The second-order valence-corrected chi connectivity index (χ2v) is 5.99. The second-order valence-electron chi connectivity index (χ2n) is 4.26. The van der Waals surface area contributed by atoms with Crippen molar-refractivity contribution in [1.29, 1.82) is 0 Å². The van der Waals surface area contributed by atoms with Crippen LogP contribution in [0.5, 0.6) is 0 Å². The maximum atomic E-state index is 13.9. The summed E-state index contributed by atoms with van der Waals surface area (Å²) in [5.74, 6) is -1.32. The molecule has 0 aliphatic heterocycles. The molecular weight excluding hydrogens is 299 g/mol. The maximum Gasteiger partial charge on any atom is 0.243 e. The lowest BCUT2D eigenvalue weighted by molar-refractivity contribution is -0.114. The number of halogens is 1. The Labute approximate surface area is 120 Å². The van der Waals surface area contributed by atoms with Crippen molar-refractivity contribution in [2.45, 2.75) is 18.4 Å². The van der Waals surface area contributed by atoms with E-state index < -0.39 is 20.7 Å². The van der Waals surface area contributed by atoms with E-state index in [2.05, 4.69) is 20.2 Å². The van der Waals surface area contributed by atoms with Gasteiger partial charge in [0.2, 0.25) is 15.9 Å². The average molecular weight is 312 g/mol. The van der Waals surface area contributed by atoms with Gasteiger partial charge in [0.1, 0.15) is 10.7 Å². The van der Waals surface area contributed by atoms with Crippen molar-refractivity contribution in [1.82, 2.24) is 14.9 Å². The fourth-order valence-corrected chi connectivity index (χ4v) is 2.71. The zero-order chi connectivity index (χ0) is 15.5. The van der Waals surface area contributed by atoms with Crippen LogP contribution in [0.4, 0.5) is 10.1 Å². The molecule has 0 bridgehead atoms. The van der Waals surface area contributed by atoms with Crippen LogP contribution < -0.4 is 10.0 Å². The minimum atomic E-state index is -3.99. The minimum Gasteiger partial charge on any atom is -0.326 e. The van der Waals surface area contributed by atoms with E-state index in [9.17, 15) is 17.6 Å². The third-order valence-corrected chi connectivity index (χ3v) is 4.00. The van der Waals surface area contributed by atoms with E-state index in [4.69, 9.17) is 0 Å². The topological polar surface area (TPSA) is 104 Å². The van der Waals surface area contributed by atoms with Crippen molar-refractivity contribution in [3.63, 3.8) is 0 Å². The number of hydrogen-bond donors (Lipinski definition) is 3. The smallest absolute Gasteiger partial charge is 0.243 e. The molecule has 112 valence electrons. The van der Waals surface area contributed by atoms with Gasteiger partial charge in [0, 0.05) is 30.9 Å². The van der Waals surface area contributed by atoms with Gasteiger partial charge in [-0.15, -0.1) is 0 Å². The SMILES string of the molecule is CC(=O)Nc1ccc(S(=O)(=O)NCc2cn[nH]c2)c(F)c1. The number of hydrogen-bond acceptors (Lipinski definition) is 4. The van der Waals surface area contributed by atoms with Crippen molar-refractivity contribution in [2.75, 3.05) is 5.32 Å². The average Bonchev–Trinajstić information content (AvgIpc) is 2.88. The Hall–Kier alpha value is -2.26. The Morgan fingerprint density at radius 2 is 2.19 bits per heavy atom. The van der Waals surface area contributed by atoms with Crippen LogP contribution in [-0.2, 0) is 21.4 Å². The van der Waals surface area contributed by atoms with E-state index in [0.717, 1.165) is 12.1 Å². The molecule has 0 spiro atoms. The summed E-state index contributed by atoms with van der Waals surface area (Å²) in [6.07, 6.45) is 2.98. The van der Waals surface area contributed by atoms with Crippen LogP contribution in [0.25, 0.3) is 0 Å². The molecule has 3 N–H and O–H groups in total. The number of anilines is 1. The van der Waals surface area contributed by atoms with Crippen molar-refractivity contribution in [3.8, 4) is 0 Å². The molecule has 2 rings (SSSR count). The molecule has 2 aromatic rings. The lowest BCUT2D eigenvalue weighted by Crippen LogP contribution is -2.24. The molecule has 0 unspecified atom stereocenters. The number of sulfonamides is 1. The van der Waals surface area contributed by atoms with E-state index in [0.29, 0.717) is 5.56 Å². The van der Waals surface area contributed by atoms with E-state index in [1.165, 1.54) is 25.4 Å². The molecule has 0 fully saturated rings. The maximum absolute atomic E-state index is 13.9. The van der Waals surface area contributed by atoms with Gasteiger partial charge in [-0.05, 0) is 18.2 Å². The summed E-state index contributed by atoms with van der Waals surface area (Å²) >= 11 is 0. The summed E-state index contributed by atoms with van der Waals surface area (Å²) < 4.78 is 40.2. The van der Waals surface area contributed by atoms with Gasteiger partial charge in [-0.1, -0.05) is 0 Å². The number of carbonyl (C=O) groups is 1. The van der Waals surface area contributed by atoms with Crippen LogP contribution in [0.15, 0.2) is 35.5 Å². The Morgan fingerprint density at radius 1 is 1.43 bits per heavy atom. The first kappa shape index (κ1) is 15.1. The van der Waals surface area contributed by atoms with Crippen LogP contribution in [0, 0.1) is 5.82 Å². The molecule has 9 heteroatoms. The van der Waals surface area contributed by atoms with Crippen LogP contribution in [0.2, 0.25) is 0 Å². The molecule has 0 atom stereocenters. The van der Waals surface area contributed by atoms with Crippen LogP contribution >= 0.6 is 0 Å². The van der Waals surface area contributed by atoms with Gasteiger partial charge in [0.25, 0.3) is 0 Å². The largest absolute Gasteiger partial charge is 0.326 e. The summed E-state index contributed by atoms with van der Waals surface area (Å²) in [6.45, 7) is 1.26. The van der Waals surface area contributed by atoms with Gasteiger partial charge in [-0.2, -0.15) is 5.10 Å². The van der Waals surface area contributed by atoms with E-state index in [1.807, 2.05) is 0 Å². The van der Waals surface area contributed by atoms with Gasteiger partial charge in [0.05, 0.1) is 6.20 Å². The van der Waals surface area contributed by atoms with Gasteiger partial charge in [-0.3, -0.25) is 9.89 Å². The highest BCUT2D eigenvalue weighted by molar-refractivity contribution is 7.89. The molecule has 7 nitrogen and oxygen atoms in total. The zero-order valence-corrected chi connectivity index (χ0v) is 11.9. The highest BCUT2D eigenvalue weighted by Gasteiger charge is 2.19. The quantitative estimate of drug-likeness (QED) is 0.765. The van der Waals surface area contributed by atoms with E-state index in [-0.39, 0.29) is 18.1 Å². The molecule has 0 saturated heterocycles. The summed E-state index contributed by atoms with van der Waals surface area (Å²) in [4.78, 5) is 10.4. The molecular formula is C12H13FN4O3S. The molecule has 0 radical (unpaired) electrons. The van der Waals surface area contributed by atoms with Crippen molar-refractivity contribution < 1.29 is 17.6 Å². The lowest BCUT2D eigenvalue weighted by atomic mass is 10.3. The first-order chi connectivity index (χ1) is 9.88. The normalized spacial score (nSPS) is 11.3. The predicted octanol–water partition coefficient (Wildman–Crippen LogP) is 0.986. The Bertz CT molecular complexity index is 744. The number of nitrogens with zero attached hydrogens (tertiary/aromatic N) is 1. The second kappa shape index (κ2) is 6.02. The van der Waals surface area contributed by atoms with Crippen molar-refractivity contribution in [3.05, 3.63) is 42.0 Å². The first-order valence-electron chi connectivity index (χ1n) is 5.93. The van der Waals surface area contributed by atoms with Gasteiger partial charge in [-0.25, -0.2) is 17.5 Å². The van der Waals surface area contributed by atoms with Gasteiger partial charge < -0.3 is 5.32 Å². The van der Waals surface area contributed by atoms with Gasteiger partial charge in [0.15, 0.2) is 0 Å². The predicted molar refractivity (Wildman–Crippen MR) is 73.3 cm³/mol. The first-order valence-corrected chi connectivity index (χ1v) is 7.41. The fraction of sp³-hybridized carbons (Fsp3) is 0.167. The van der Waals surface area contributed by atoms with Crippen LogP contribution in [0.3, 0.4) is 0 Å². The Morgan fingerprint density at radius 3 is 2.76 bits per heavy atom. The summed E-state index contributed by atoms with van der Waals surface area (Å²) in [5, 5.41) is 8.59. The number of benzene rings is 1. The summed E-state index contributed by atoms with van der Waals surface area (Å²) in [7, 11) is -3.99. The van der Waals surface area contributed by atoms with E-state index in [1.54, 1.807) is 0 Å². The minimum absolute atomic E-state index is 0.00821. The number of nitrogens with one attached hydrogen (secondary N) is 3. The molecule has 1 heterocycles. The lowest BCUT2D eigenvalue weighted by Gasteiger charge is -2.08. The number of H-pyrrole nitrogens is 1. The third-order valence-electron chi connectivity index (χ3n) is 2.56. The molecule has 1 amide bonds. The monoisotopic (exact) mass is 312 g/mol. The molecule has 0 aliphatic rings. The Balaban J connectivity index is 2.17. The highest BCUT2D eigenvalue weighted by atomic mass is 32.2. The molecule has 1 aromatic carbocycles. The molecule has 0 aliphatic carbocycles.